The lowest BCUT2D eigenvalue weighted by molar-refractivity contribution is 0.0797. The van der Waals surface area contributed by atoms with Gasteiger partial charge in [0.05, 0.1) is 27.7 Å². The molecule has 1 saturated heterocycles. The number of carbonyl (C=O) groups is 1. The number of amides is 1. The largest absolute Gasteiger partial charge is 0.493 e. The fourth-order valence-corrected chi connectivity index (χ4v) is 4.92. The second-order valence-electron chi connectivity index (χ2n) is 8.34. The molecule has 2 aliphatic rings. The standard InChI is InChI=1S/C22H21N7O3S/c30-20-15(26-22(32)27-20)9-12-11-23-29-18(24-13-3-4-13)10-14(25-19(12)29)16-5-6-17(33-16)21(31)28-7-1-2-8-28/h5-6,9-11,13,30H,1-4,7-8H2,(H2,26,27,32)/b12-9+,24-18?. The Morgan fingerprint density at radius 3 is 2.79 bits per heavy atom. The number of imidazole rings is 1. The van der Waals surface area contributed by atoms with Crippen LogP contribution in [0.5, 0.6) is 5.88 Å². The van der Waals surface area contributed by atoms with Gasteiger partial charge in [-0.3, -0.25) is 14.8 Å². The monoisotopic (exact) mass is 463 g/mol. The Morgan fingerprint density at radius 1 is 1.24 bits per heavy atom. The van der Waals surface area contributed by atoms with Crippen LogP contribution < -0.4 is 16.4 Å². The Kier molecular flexibility index (Phi) is 4.64. The van der Waals surface area contributed by atoms with Crippen LogP contribution >= 0.6 is 11.3 Å². The van der Waals surface area contributed by atoms with Crippen molar-refractivity contribution in [1.82, 2.24) is 29.5 Å². The number of nitrogens with one attached hydrogen (secondary N) is 2. The molecule has 4 aromatic rings. The third kappa shape index (κ3) is 3.74. The van der Waals surface area contributed by atoms with Crippen molar-refractivity contribution in [2.45, 2.75) is 31.7 Å². The number of likely N-dealkylation sites (tertiary alicyclic amines) is 1. The van der Waals surface area contributed by atoms with E-state index in [9.17, 15) is 14.7 Å². The number of nitrogens with zero attached hydrogens (tertiary/aromatic N) is 5. The van der Waals surface area contributed by atoms with E-state index in [4.69, 9.17) is 9.98 Å². The molecule has 6 rings (SSSR count). The normalized spacial score (nSPS) is 17.5. The highest BCUT2D eigenvalue weighted by Gasteiger charge is 2.23. The number of aromatic nitrogens is 5. The predicted molar refractivity (Wildman–Crippen MR) is 122 cm³/mol. The predicted octanol–water partition coefficient (Wildman–Crippen LogP) is 1.03. The van der Waals surface area contributed by atoms with Gasteiger partial charge < -0.3 is 15.0 Å². The van der Waals surface area contributed by atoms with E-state index in [1.54, 1.807) is 16.8 Å². The van der Waals surface area contributed by atoms with Crippen LogP contribution in [0.4, 0.5) is 0 Å². The SMILES string of the molecule is O=C(c1ccc(-c2cc(=NC3CC3)n3nc/c(=C\c4[nH]c(=O)[nH]c4O)c3n2)s1)N1CCCC1. The summed E-state index contributed by atoms with van der Waals surface area (Å²) in [4.78, 5) is 42.2. The molecule has 1 aliphatic heterocycles. The Hall–Kier alpha value is -3.73. The van der Waals surface area contributed by atoms with Crippen LogP contribution in [0.15, 0.2) is 34.2 Å². The minimum Gasteiger partial charge on any atom is -0.493 e. The van der Waals surface area contributed by atoms with Crippen molar-refractivity contribution in [3.63, 3.8) is 0 Å². The van der Waals surface area contributed by atoms with Crippen molar-refractivity contribution in [2.24, 2.45) is 4.99 Å². The highest BCUT2D eigenvalue weighted by Crippen LogP contribution is 2.28. The first-order chi connectivity index (χ1) is 16.0. The highest BCUT2D eigenvalue weighted by molar-refractivity contribution is 7.17. The molecule has 0 radical (unpaired) electrons. The molecule has 2 fully saturated rings. The maximum atomic E-state index is 12.8. The molecule has 5 heterocycles. The van der Waals surface area contributed by atoms with Gasteiger partial charge in [-0.15, -0.1) is 11.3 Å². The van der Waals surface area contributed by atoms with Crippen molar-refractivity contribution < 1.29 is 9.90 Å². The number of aromatic hydroxyl groups is 1. The summed E-state index contributed by atoms with van der Waals surface area (Å²) in [6.07, 6.45) is 7.44. The van der Waals surface area contributed by atoms with Crippen LogP contribution in [0, 0.1) is 0 Å². The van der Waals surface area contributed by atoms with Crippen LogP contribution in [0.25, 0.3) is 22.3 Å². The van der Waals surface area contributed by atoms with Gasteiger partial charge in [-0.1, -0.05) is 0 Å². The Balaban J connectivity index is 1.48. The molecule has 168 valence electrons. The summed E-state index contributed by atoms with van der Waals surface area (Å²) < 4.78 is 1.67. The topological polar surface area (TPSA) is 132 Å². The van der Waals surface area contributed by atoms with E-state index in [2.05, 4.69) is 15.1 Å². The molecule has 10 nitrogen and oxygen atoms in total. The fraction of sp³-hybridized carbons (Fsp3) is 0.318. The van der Waals surface area contributed by atoms with Crippen molar-refractivity contribution in [3.05, 3.63) is 56.2 Å². The first-order valence-electron chi connectivity index (χ1n) is 10.9. The van der Waals surface area contributed by atoms with Gasteiger partial charge in [-0.25, -0.2) is 9.78 Å². The van der Waals surface area contributed by atoms with Crippen molar-refractivity contribution >= 4 is 29.0 Å². The molecule has 33 heavy (non-hydrogen) atoms. The Labute approximate surface area is 190 Å². The number of hydrogen-bond donors (Lipinski definition) is 3. The first kappa shape index (κ1) is 19.9. The van der Waals surface area contributed by atoms with E-state index < -0.39 is 5.69 Å². The maximum absolute atomic E-state index is 12.8. The quantitative estimate of drug-likeness (QED) is 0.416. The summed E-state index contributed by atoms with van der Waals surface area (Å²) in [7, 11) is 0. The van der Waals surface area contributed by atoms with E-state index in [-0.39, 0.29) is 23.5 Å². The first-order valence-corrected chi connectivity index (χ1v) is 11.7. The fourth-order valence-electron chi connectivity index (χ4n) is 3.99. The smallest absolute Gasteiger partial charge is 0.326 e. The van der Waals surface area contributed by atoms with Gasteiger partial charge in [-0.05, 0) is 43.9 Å². The van der Waals surface area contributed by atoms with Crippen molar-refractivity contribution in [3.8, 4) is 16.5 Å². The van der Waals surface area contributed by atoms with Crippen LogP contribution in [-0.4, -0.2) is 59.6 Å². The van der Waals surface area contributed by atoms with Gasteiger partial charge in [0.1, 0.15) is 5.69 Å². The van der Waals surface area contributed by atoms with E-state index in [0.717, 1.165) is 43.6 Å². The zero-order chi connectivity index (χ0) is 22.5. The number of carbonyl (C=O) groups excluding carboxylic acids is 1. The van der Waals surface area contributed by atoms with Gasteiger partial charge in [0.15, 0.2) is 11.1 Å². The second-order valence-corrected chi connectivity index (χ2v) is 9.43. The van der Waals surface area contributed by atoms with Crippen LogP contribution in [0.1, 0.15) is 41.0 Å². The summed E-state index contributed by atoms with van der Waals surface area (Å²) in [5.74, 6) is -0.181. The van der Waals surface area contributed by atoms with Crippen LogP contribution in [-0.2, 0) is 0 Å². The lowest BCUT2D eigenvalue weighted by atomic mass is 10.3. The molecule has 4 aromatic heterocycles. The van der Waals surface area contributed by atoms with Gasteiger partial charge in [0, 0.05) is 24.4 Å². The summed E-state index contributed by atoms with van der Waals surface area (Å²) in [6.45, 7) is 1.62. The minimum atomic E-state index is -0.498. The maximum Gasteiger partial charge on any atom is 0.326 e. The molecule has 0 bridgehead atoms. The molecule has 1 saturated carbocycles. The molecular weight excluding hydrogens is 442 g/mol. The summed E-state index contributed by atoms with van der Waals surface area (Å²) in [5.41, 5.74) is 1.69. The lowest BCUT2D eigenvalue weighted by Gasteiger charge is -2.13. The number of fused-ring (bicyclic) bond motifs is 1. The van der Waals surface area contributed by atoms with Crippen LogP contribution in [0.2, 0.25) is 0 Å². The summed E-state index contributed by atoms with van der Waals surface area (Å²) in [6, 6.07) is 5.95. The number of H-pyrrole nitrogens is 2. The molecule has 0 atom stereocenters. The second kappa shape index (κ2) is 7.69. The van der Waals surface area contributed by atoms with Crippen molar-refractivity contribution in [1.29, 1.82) is 0 Å². The number of rotatable bonds is 4. The average Bonchev–Trinajstić information content (AvgIpc) is 3.25. The third-order valence-electron chi connectivity index (χ3n) is 5.84. The third-order valence-corrected chi connectivity index (χ3v) is 6.94. The lowest BCUT2D eigenvalue weighted by Crippen LogP contribution is -2.26. The highest BCUT2D eigenvalue weighted by atomic mass is 32.1. The number of aromatic amines is 2. The number of thiophene rings is 1. The van der Waals surface area contributed by atoms with E-state index in [0.29, 0.717) is 26.9 Å². The van der Waals surface area contributed by atoms with E-state index in [1.165, 1.54) is 11.3 Å². The minimum absolute atomic E-state index is 0.0676. The molecule has 0 spiro atoms. The molecule has 1 aliphatic carbocycles. The van der Waals surface area contributed by atoms with Gasteiger partial charge in [0.2, 0.25) is 5.88 Å². The van der Waals surface area contributed by atoms with E-state index in [1.807, 2.05) is 23.1 Å². The molecule has 0 aromatic carbocycles. The van der Waals surface area contributed by atoms with Gasteiger partial charge >= 0.3 is 5.69 Å². The summed E-state index contributed by atoms with van der Waals surface area (Å²) in [5, 5.41) is 15.0. The Morgan fingerprint density at radius 2 is 2.06 bits per heavy atom. The molecule has 1 amide bonds. The molecular formula is C22H21N7O3S. The molecule has 0 unspecified atom stereocenters. The average molecular weight is 464 g/mol. The van der Waals surface area contributed by atoms with Gasteiger partial charge in [0.25, 0.3) is 5.91 Å². The van der Waals surface area contributed by atoms with E-state index >= 15 is 0 Å². The van der Waals surface area contributed by atoms with Crippen LogP contribution in [0.3, 0.4) is 0 Å². The molecule has 11 heteroatoms. The van der Waals surface area contributed by atoms with Gasteiger partial charge in [-0.2, -0.15) is 9.61 Å². The zero-order valence-electron chi connectivity index (χ0n) is 17.6. The zero-order valence-corrected chi connectivity index (χ0v) is 18.4. The number of hydrogen-bond acceptors (Lipinski definition) is 7. The summed E-state index contributed by atoms with van der Waals surface area (Å²) >= 11 is 1.42. The Bertz CT molecular complexity index is 1550. The van der Waals surface area contributed by atoms with Crippen molar-refractivity contribution in [2.75, 3.05) is 13.1 Å². The molecule has 3 N–H and O–H groups in total.